The van der Waals surface area contributed by atoms with Crippen molar-refractivity contribution in [3.8, 4) is 0 Å². The van der Waals surface area contributed by atoms with E-state index in [1.807, 2.05) is 0 Å². The number of halogens is 2. The molecule has 2 rings (SSSR count). The predicted octanol–water partition coefficient (Wildman–Crippen LogP) is 3.73. The lowest BCUT2D eigenvalue weighted by atomic mass is 10.1. The smallest absolute Gasteiger partial charge is 0.0495 e. The molecule has 17 heavy (non-hydrogen) atoms. The van der Waals surface area contributed by atoms with E-state index < -0.39 is 0 Å². The summed E-state index contributed by atoms with van der Waals surface area (Å²) in [6, 6.07) is 6.36. The first-order valence-corrected chi connectivity index (χ1v) is 7.56. The zero-order valence-corrected chi connectivity index (χ0v) is 12.9. The van der Waals surface area contributed by atoms with E-state index in [4.69, 9.17) is 4.74 Å². The SMILES string of the molecule is Brc1ccc(CNCCC2CCOC2)cc1Br. The van der Waals surface area contributed by atoms with Gasteiger partial charge in [0.2, 0.25) is 0 Å². The molecule has 1 aliphatic rings. The van der Waals surface area contributed by atoms with Crippen LogP contribution in [0.5, 0.6) is 0 Å². The number of rotatable bonds is 5. The Morgan fingerprint density at radius 3 is 2.88 bits per heavy atom. The summed E-state index contributed by atoms with van der Waals surface area (Å²) in [5.41, 5.74) is 1.31. The van der Waals surface area contributed by atoms with Gasteiger partial charge in [0.25, 0.3) is 0 Å². The second-order valence-electron chi connectivity index (χ2n) is 4.44. The molecule has 0 saturated carbocycles. The van der Waals surface area contributed by atoms with E-state index in [9.17, 15) is 0 Å². The molecule has 0 aromatic heterocycles. The molecule has 0 amide bonds. The van der Waals surface area contributed by atoms with Crippen LogP contribution in [-0.2, 0) is 11.3 Å². The molecule has 2 nitrogen and oxygen atoms in total. The fraction of sp³-hybridized carbons (Fsp3) is 0.538. The van der Waals surface area contributed by atoms with E-state index in [2.05, 4.69) is 55.4 Å². The second-order valence-corrected chi connectivity index (χ2v) is 6.15. The van der Waals surface area contributed by atoms with Crippen LogP contribution in [0.15, 0.2) is 27.1 Å². The van der Waals surface area contributed by atoms with Crippen LogP contribution in [0, 0.1) is 5.92 Å². The average Bonchev–Trinajstić information content (AvgIpc) is 2.82. The van der Waals surface area contributed by atoms with Crippen LogP contribution in [0.1, 0.15) is 18.4 Å². The maximum Gasteiger partial charge on any atom is 0.0495 e. The molecule has 1 aliphatic heterocycles. The number of hydrogen-bond acceptors (Lipinski definition) is 2. The lowest BCUT2D eigenvalue weighted by molar-refractivity contribution is 0.184. The van der Waals surface area contributed by atoms with Gasteiger partial charge in [-0.2, -0.15) is 0 Å². The fourth-order valence-electron chi connectivity index (χ4n) is 2.00. The highest BCUT2D eigenvalue weighted by atomic mass is 79.9. The quantitative estimate of drug-likeness (QED) is 0.806. The third-order valence-corrected chi connectivity index (χ3v) is 4.95. The summed E-state index contributed by atoms with van der Waals surface area (Å²) >= 11 is 6.99. The van der Waals surface area contributed by atoms with Crippen molar-refractivity contribution in [1.82, 2.24) is 5.32 Å². The summed E-state index contributed by atoms with van der Waals surface area (Å²) in [5, 5.41) is 3.48. The minimum Gasteiger partial charge on any atom is -0.381 e. The Hall–Kier alpha value is 0.1000. The Balaban J connectivity index is 1.68. The normalized spacial score (nSPS) is 19.8. The highest BCUT2D eigenvalue weighted by molar-refractivity contribution is 9.13. The van der Waals surface area contributed by atoms with Crippen LogP contribution in [0.4, 0.5) is 0 Å². The molecule has 1 aromatic rings. The van der Waals surface area contributed by atoms with Crippen molar-refractivity contribution >= 4 is 31.9 Å². The fourth-order valence-corrected chi connectivity index (χ4v) is 2.67. The summed E-state index contributed by atoms with van der Waals surface area (Å²) in [7, 11) is 0. The van der Waals surface area contributed by atoms with Gasteiger partial charge in [-0.25, -0.2) is 0 Å². The molecule has 0 aliphatic carbocycles. The number of hydrogen-bond donors (Lipinski definition) is 1. The molecule has 0 radical (unpaired) electrons. The molecule has 1 fully saturated rings. The summed E-state index contributed by atoms with van der Waals surface area (Å²) in [5.74, 6) is 0.763. The van der Waals surface area contributed by atoms with Crippen LogP contribution in [-0.4, -0.2) is 19.8 Å². The van der Waals surface area contributed by atoms with E-state index in [0.717, 1.165) is 41.2 Å². The summed E-state index contributed by atoms with van der Waals surface area (Å²) in [6.45, 7) is 3.90. The second kappa shape index (κ2) is 6.88. The van der Waals surface area contributed by atoms with Gasteiger partial charge in [-0.3, -0.25) is 0 Å². The van der Waals surface area contributed by atoms with Gasteiger partial charge in [0.05, 0.1) is 0 Å². The van der Waals surface area contributed by atoms with Gasteiger partial charge in [-0.05, 0) is 74.9 Å². The van der Waals surface area contributed by atoms with Gasteiger partial charge in [0.15, 0.2) is 0 Å². The van der Waals surface area contributed by atoms with E-state index in [-0.39, 0.29) is 0 Å². The van der Waals surface area contributed by atoms with E-state index >= 15 is 0 Å². The van der Waals surface area contributed by atoms with E-state index in [0.29, 0.717) is 0 Å². The Bertz CT molecular complexity index is 364. The van der Waals surface area contributed by atoms with Crippen molar-refractivity contribution in [2.45, 2.75) is 19.4 Å². The molecular formula is C13H17Br2NO. The maximum absolute atomic E-state index is 5.36. The van der Waals surface area contributed by atoms with Crippen molar-refractivity contribution < 1.29 is 4.74 Å². The molecule has 1 unspecified atom stereocenters. The average molecular weight is 363 g/mol. The van der Waals surface area contributed by atoms with Crippen LogP contribution in [0.2, 0.25) is 0 Å². The zero-order chi connectivity index (χ0) is 12.1. The maximum atomic E-state index is 5.36. The molecule has 1 aromatic carbocycles. The van der Waals surface area contributed by atoms with Crippen LogP contribution in [0.25, 0.3) is 0 Å². The van der Waals surface area contributed by atoms with Crippen molar-refractivity contribution in [3.63, 3.8) is 0 Å². The summed E-state index contributed by atoms with van der Waals surface area (Å²) in [4.78, 5) is 0. The minimum atomic E-state index is 0.763. The third-order valence-electron chi connectivity index (χ3n) is 3.07. The van der Waals surface area contributed by atoms with E-state index in [1.165, 1.54) is 18.4 Å². The molecule has 4 heteroatoms. The van der Waals surface area contributed by atoms with Crippen LogP contribution in [0.3, 0.4) is 0 Å². The standard InChI is InChI=1S/C13H17Br2NO/c14-12-2-1-11(7-13(12)15)8-16-5-3-10-4-6-17-9-10/h1-2,7,10,16H,3-6,8-9H2. The predicted molar refractivity (Wildman–Crippen MR) is 77.1 cm³/mol. The number of nitrogens with one attached hydrogen (secondary N) is 1. The molecule has 1 N–H and O–H groups in total. The van der Waals surface area contributed by atoms with Crippen molar-refractivity contribution in [2.24, 2.45) is 5.92 Å². The topological polar surface area (TPSA) is 21.3 Å². The van der Waals surface area contributed by atoms with Crippen molar-refractivity contribution in [3.05, 3.63) is 32.7 Å². The third kappa shape index (κ3) is 4.36. The number of ether oxygens (including phenoxy) is 1. The van der Waals surface area contributed by atoms with Gasteiger partial charge in [0, 0.05) is 28.7 Å². The Morgan fingerprint density at radius 1 is 1.29 bits per heavy atom. The first-order chi connectivity index (χ1) is 8.25. The van der Waals surface area contributed by atoms with E-state index in [1.54, 1.807) is 0 Å². The Labute approximate surface area is 119 Å². The summed E-state index contributed by atoms with van der Waals surface area (Å²) < 4.78 is 7.58. The highest BCUT2D eigenvalue weighted by Crippen LogP contribution is 2.23. The molecular weight excluding hydrogens is 346 g/mol. The van der Waals surface area contributed by atoms with Gasteiger partial charge in [-0.15, -0.1) is 0 Å². The zero-order valence-electron chi connectivity index (χ0n) is 9.72. The van der Waals surface area contributed by atoms with Gasteiger partial charge in [-0.1, -0.05) is 6.07 Å². The molecule has 1 atom stereocenters. The number of benzene rings is 1. The molecule has 1 saturated heterocycles. The first-order valence-electron chi connectivity index (χ1n) is 5.98. The molecule has 0 bridgehead atoms. The van der Waals surface area contributed by atoms with Crippen LogP contribution < -0.4 is 5.32 Å². The molecule has 0 spiro atoms. The largest absolute Gasteiger partial charge is 0.381 e. The highest BCUT2D eigenvalue weighted by Gasteiger charge is 2.14. The monoisotopic (exact) mass is 361 g/mol. The van der Waals surface area contributed by atoms with Crippen molar-refractivity contribution in [2.75, 3.05) is 19.8 Å². The Morgan fingerprint density at radius 2 is 2.18 bits per heavy atom. The summed E-state index contributed by atoms with van der Waals surface area (Å²) in [6.07, 6.45) is 2.45. The lowest BCUT2D eigenvalue weighted by Crippen LogP contribution is -2.18. The minimum absolute atomic E-state index is 0.763. The molecule has 94 valence electrons. The Kier molecular flexibility index (Phi) is 5.48. The van der Waals surface area contributed by atoms with Crippen molar-refractivity contribution in [1.29, 1.82) is 0 Å². The van der Waals surface area contributed by atoms with Gasteiger partial charge < -0.3 is 10.1 Å². The first kappa shape index (κ1) is 13.5. The van der Waals surface area contributed by atoms with Gasteiger partial charge >= 0.3 is 0 Å². The molecule has 1 heterocycles. The van der Waals surface area contributed by atoms with Gasteiger partial charge in [0.1, 0.15) is 0 Å². The lowest BCUT2D eigenvalue weighted by Gasteiger charge is -2.09. The van der Waals surface area contributed by atoms with Crippen LogP contribution >= 0.6 is 31.9 Å².